The van der Waals surface area contributed by atoms with Gasteiger partial charge in [0.1, 0.15) is 5.75 Å². The van der Waals surface area contributed by atoms with Gasteiger partial charge in [-0.15, -0.1) is 0 Å². The van der Waals surface area contributed by atoms with Gasteiger partial charge in [-0.05, 0) is 93.3 Å². The molecule has 6 rings (SSSR count). The van der Waals surface area contributed by atoms with E-state index < -0.39 is 0 Å². The van der Waals surface area contributed by atoms with Crippen LogP contribution in [0.5, 0.6) is 5.75 Å². The molecule has 0 saturated carbocycles. The zero-order valence-corrected chi connectivity index (χ0v) is 27.2. The molecule has 1 aromatic heterocycles. The predicted octanol–water partition coefficient (Wildman–Crippen LogP) is 7.01. The molecule has 0 bridgehead atoms. The minimum Gasteiger partial charge on any atom is -0.493 e. The van der Waals surface area contributed by atoms with Crippen molar-refractivity contribution in [3.63, 3.8) is 0 Å². The van der Waals surface area contributed by atoms with Crippen LogP contribution in [-0.4, -0.2) is 60.0 Å². The molecule has 2 aliphatic heterocycles. The molecule has 1 N–H and O–H groups in total. The third-order valence-corrected chi connectivity index (χ3v) is 8.93. The van der Waals surface area contributed by atoms with E-state index in [-0.39, 0.29) is 5.91 Å². The molecule has 3 heterocycles. The van der Waals surface area contributed by atoms with Crippen LogP contribution in [0.25, 0.3) is 17.2 Å². The highest BCUT2D eigenvalue weighted by Crippen LogP contribution is 2.36. The molecule has 0 aliphatic carbocycles. The third kappa shape index (κ3) is 7.52. The molecule has 0 spiro atoms. The molecule has 1 fully saturated rings. The number of amides is 1. The molecule has 8 nitrogen and oxygen atoms in total. The highest BCUT2D eigenvalue weighted by atomic mass is 16.5. The summed E-state index contributed by atoms with van der Waals surface area (Å²) < 4.78 is 13.6. The van der Waals surface area contributed by atoms with Crippen molar-refractivity contribution in [2.75, 3.05) is 43.6 Å². The van der Waals surface area contributed by atoms with Gasteiger partial charge < -0.3 is 19.7 Å². The summed E-state index contributed by atoms with van der Waals surface area (Å²) in [5.41, 5.74) is 8.12. The van der Waals surface area contributed by atoms with Crippen molar-refractivity contribution in [3.8, 4) is 16.9 Å². The number of para-hydroxylation sites is 1. The lowest BCUT2D eigenvalue weighted by molar-refractivity contribution is -0.112. The lowest BCUT2D eigenvalue weighted by atomic mass is 9.99. The molecule has 1 atom stereocenters. The number of hydrogen-bond donors (Lipinski definition) is 1. The summed E-state index contributed by atoms with van der Waals surface area (Å²) in [6.07, 6.45) is 9.00. The fourth-order valence-electron chi connectivity index (χ4n) is 6.37. The lowest BCUT2D eigenvalue weighted by Crippen LogP contribution is -2.37. The van der Waals surface area contributed by atoms with Crippen molar-refractivity contribution in [2.45, 2.75) is 58.8 Å². The highest BCUT2D eigenvalue weighted by molar-refractivity contribution is 6.07. The largest absolute Gasteiger partial charge is 0.493 e. The van der Waals surface area contributed by atoms with Crippen LogP contribution in [0.1, 0.15) is 49.8 Å². The van der Waals surface area contributed by atoms with Crippen LogP contribution >= 0.6 is 0 Å². The van der Waals surface area contributed by atoms with E-state index in [4.69, 9.17) is 9.47 Å². The Morgan fingerprint density at radius 2 is 1.93 bits per heavy atom. The predicted molar refractivity (Wildman–Crippen MR) is 185 cm³/mol. The number of carbonyl (C=O) groups excluding carboxylic acids is 1. The van der Waals surface area contributed by atoms with Crippen molar-refractivity contribution in [1.29, 1.82) is 0 Å². The number of nitrogens with zero attached hydrogens (tertiary/aromatic N) is 4. The normalized spacial score (nSPS) is 16.5. The van der Waals surface area contributed by atoms with E-state index in [1.807, 2.05) is 48.1 Å². The van der Waals surface area contributed by atoms with Gasteiger partial charge in [-0.3, -0.25) is 14.4 Å². The average Bonchev–Trinajstić information content (AvgIpc) is 3.47. The van der Waals surface area contributed by atoms with Crippen LogP contribution in [-0.2, 0) is 29.2 Å². The second-order valence-corrected chi connectivity index (χ2v) is 12.2. The summed E-state index contributed by atoms with van der Waals surface area (Å²) in [6.45, 7) is 9.47. The van der Waals surface area contributed by atoms with E-state index in [0.29, 0.717) is 32.2 Å². The van der Waals surface area contributed by atoms with E-state index in [9.17, 15) is 4.79 Å². The zero-order valence-electron chi connectivity index (χ0n) is 27.2. The van der Waals surface area contributed by atoms with Crippen LogP contribution < -0.4 is 15.0 Å². The van der Waals surface area contributed by atoms with E-state index in [2.05, 4.69) is 82.9 Å². The van der Waals surface area contributed by atoms with Gasteiger partial charge in [0.2, 0.25) is 0 Å². The first-order valence-corrected chi connectivity index (χ1v) is 16.5. The first-order chi connectivity index (χ1) is 22.5. The molecule has 8 heteroatoms. The van der Waals surface area contributed by atoms with Crippen molar-refractivity contribution in [2.24, 2.45) is 0 Å². The number of carbonyl (C=O) groups is 1. The standard InChI is InChI=1S/C38H45N5O3/c1-4-43-26-29(23-39-43)25-42-19-18-31(22-32-21-30(14-17-36(32)42)35-10-6-7-11-37(35)46-5-2)38(44)40-33-15-12-28(13-16-33)24-41(3)34-9-8-20-45-27-34/h6-7,10-17,21-23,26,34H,4-5,8-9,18-20,24-25,27H2,1-3H3,(H,40,44). The zero-order chi connectivity index (χ0) is 31.9. The SMILES string of the molecule is CCOc1ccccc1-c1ccc2c(c1)C=C(C(=O)Nc1ccc(CN(C)C3CCCOC3)cc1)CCN2Cc1cnn(CC)c1. The number of fused-ring (bicyclic) bond motifs is 1. The molecule has 1 amide bonds. The van der Waals surface area contributed by atoms with Gasteiger partial charge in [-0.1, -0.05) is 36.4 Å². The number of aromatic nitrogens is 2. The van der Waals surface area contributed by atoms with Gasteiger partial charge in [0.25, 0.3) is 5.91 Å². The molecule has 1 saturated heterocycles. The summed E-state index contributed by atoms with van der Waals surface area (Å²) in [6, 6.07) is 23.3. The van der Waals surface area contributed by atoms with Crippen LogP contribution in [0.15, 0.2) is 84.7 Å². The van der Waals surface area contributed by atoms with Crippen molar-refractivity contribution in [3.05, 3.63) is 101 Å². The minimum absolute atomic E-state index is 0.0732. The van der Waals surface area contributed by atoms with E-state index in [1.165, 1.54) is 12.0 Å². The van der Waals surface area contributed by atoms with Crippen LogP contribution in [0.4, 0.5) is 11.4 Å². The number of benzene rings is 3. The molecular formula is C38H45N5O3. The lowest BCUT2D eigenvalue weighted by Gasteiger charge is -2.31. The van der Waals surface area contributed by atoms with Crippen molar-refractivity contribution >= 4 is 23.4 Å². The highest BCUT2D eigenvalue weighted by Gasteiger charge is 2.22. The third-order valence-electron chi connectivity index (χ3n) is 8.93. The quantitative estimate of drug-likeness (QED) is 0.195. The molecule has 1 unspecified atom stereocenters. The molecular weight excluding hydrogens is 574 g/mol. The number of nitrogens with one attached hydrogen (secondary N) is 1. The number of hydrogen-bond acceptors (Lipinski definition) is 6. The molecule has 0 radical (unpaired) electrons. The van der Waals surface area contributed by atoms with Gasteiger partial charge in [0.05, 0.1) is 19.4 Å². The van der Waals surface area contributed by atoms with E-state index in [0.717, 1.165) is 77.7 Å². The molecule has 46 heavy (non-hydrogen) atoms. The Hall–Kier alpha value is -4.40. The summed E-state index contributed by atoms with van der Waals surface area (Å²) in [5.74, 6) is 0.780. The maximum atomic E-state index is 13.7. The first-order valence-electron chi connectivity index (χ1n) is 16.5. The first kappa shape index (κ1) is 31.6. The Morgan fingerprint density at radius 1 is 1.09 bits per heavy atom. The van der Waals surface area contributed by atoms with Gasteiger partial charge in [-0.2, -0.15) is 5.10 Å². The fourth-order valence-corrected chi connectivity index (χ4v) is 6.37. The maximum Gasteiger partial charge on any atom is 0.251 e. The van der Waals surface area contributed by atoms with Gasteiger partial charge in [-0.25, -0.2) is 0 Å². The number of ether oxygens (including phenoxy) is 2. The maximum absolute atomic E-state index is 13.7. The topological polar surface area (TPSA) is 71.9 Å². The Balaban J connectivity index is 1.23. The second kappa shape index (κ2) is 14.8. The second-order valence-electron chi connectivity index (χ2n) is 12.2. The fraction of sp³-hybridized carbons (Fsp3) is 0.368. The van der Waals surface area contributed by atoms with Crippen LogP contribution in [0.2, 0.25) is 0 Å². The Morgan fingerprint density at radius 3 is 2.70 bits per heavy atom. The Bertz CT molecular complexity index is 1660. The van der Waals surface area contributed by atoms with Gasteiger partial charge in [0, 0.05) is 73.1 Å². The number of rotatable bonds is 11. The van der Waals surface area contributed by atoms with E-state index >= 15 is 0 Å². The summed E-state index contributed by atoms with van der Waals surface area (Å²) in [5, 5.41) is 7.66. The van der Waals surface area contributed by atoms with Crippen molar-refractivity contribution in [1.82, 2.24) is 14.7 Å². The molecule has 2 aliphatic rings. The summed E-state index contributed by atoms with van der Waals surface area (Å²) in [4.78, 5) is 18.5. The van der Waals surface area contributed by atoms with Gasteiger partial charge >= 0.3 is 0 Å². The monoisotopic (exact) mass is 619 g/mol. The summed E-state index contributed by atoms with van der Waals surface area (Å²) in [7, 11) is 2.16. The van der Waals surface area contributed by atoms with Crippen LogP contribution in [0.3, 0.4) is 0 Å². The Kier molecular flexibility index (Phi) is 10.2. The van der Waals surface area contributed by atoms with E-state index in [1.54, 1.807) is 0 Å². The smallest absolute Gasteiger partial charge is 0.251 e. The molecule has 3 aromatic carbocycles. The molecule has 4 aromatic rings. The van der Waals surface area contributed by atoms with Crippen LogP contribution in [0, 0.1) is 0 Å². The van der Waals surface area contributed by atoms with Gasteiger partial charge in [0.15, 0.2) is 0 Å². The average molecular weight is 620 g/mol. The number of aryl methyl sites for hydroxylation is 1. The van der Waals surface area contributed by atoms with Crippen molar-refractivity contribution < 1.29 is 14.3 Å². The molecule has 240 valence electrons. The minimum atomic E-state index is -0.0732. The number of likely N-dealkylation sites (N-methyl/N-ethyl adjacent to an activating group) is 1. The Labute approximate surface area is 272 Å². The number of anilines is 2. The summed E-state index contributed by atoms with van der Waals surface area (Å²) >= 11 is 0.